The highest BCUT2D eigenvalue weighted by molar-refractivity contribution is 7.99. The molecule has 2 fully saturated rings. The molecule has 7 atom stereocenters. The number of fused-ring (bicyclic) bond motifs is 10. The Morgan fingerprint density at radius 1 is 1.09 bits per heavy atom. The number of thioether (sulfide) groups is 1. The number of aromatic hydroxyl groups is 1. The summed E-state index contributed by atoms with van der Waals surface area (Å²) in [5.74, 6) is 0.0135. The number of nitriles is 1. The smallest absolute Gasteiger partial charge is 0.329 e. The van der Waals surface area contributed by atoms with Gasteiger partial charge in [-0.3, -0.25) is 19.4 Å². The van der Waals surface area contributed by atoms with Gasteiger partial charge in [0.2, 0.25) is 12.7 Å². The van der Waals surface area contributed by atoms with Crippen molar-refractivity contribution >= 4 is 35.7 Å². The lowest BCUT2D eigenvalue weighted by atomic mass is 9.71. The zero-order valence-corrected chi connectivity index (χ0v) is 31.3. The van der Waals surface area contributed by atoms with Crippen LogP contribution in [-0.4, -0.2) is 90.2 Å². The minimum absolute atomic E-state index is 0.0280. The first-order chi connectivity index (χ1) is 26.0. The Labute approximate surface area is 316 Å². The number of hydrogen-bond donors (Lipinski definition) is 2. The summed E-state index contributed by atoms with van der Waals surface area (Å²) in [6, 6.07) is 10.1. The van der Waals surface area contributed by atoms with Gasteiger partial charge in [-0.2, -0.15) is 5.26 Å². The summed E-state index contributed by atoms with van der Waals surface area (Å²) >= 11 is 1.38. The second-order valence-electron chi connectivity index (χ2n) is 14.2. The fourth-order valence-electron chi connectivity index (χ4n) is 9.02. The van der Waals surface area contributed by atoms with Gasteiger partial charge in [0, 0.05) is 53.1 Å². The molecule has 6 aliphatic rings. The Bertz CT molecular complexity index is 2140. The summed E-state index contributed by atoms with van der Waals surface area (Å²) < 4.78 is 29.9. The first-order valence-electron chi connectivity index (χ1n) is 17.8. The summed E-state index contributed by atoms with van der Waals surface area (Å²) in [5.41, 5.74) is 5.06. The van der Waals surface area contributed by atoms with E-state index < -0.39 is 53.3 Å². The first kappa shape index (κ1) is 35.8. The van der Waals surface area contributed by atoms with Crippen LogP contribution in [0.4, 0.5) is 0 Å². The molecule has 2 N–H and O–H groups in total. The second-order valence-corrected chi connectivity index (χ2v) is 15.4. The number of nitrogens with one attached hydrogen (secondary N) is 1. The fraction of sp³-hybridized carbons (Fsp3) is 0.400. The number of piperazine rings is 1. The zero-order valence-electron chi connectivity index (χ0n) is 30.5. The minimum Gasteiger partial charge on any atom is -0.504 e. The van der Waals surface area contributed by atoms with Crippen LogP contribution in [0.25, 0.3) is 6.08 Å². The number of phenolic OH excluding ortho intramolecular Hbond substituents is 1. The van der Waals surface area contributed by atoms with Crippen LogP contribution in [-0.2, 0) is 25.5 Å². The molecule has 0 saturated carbocycles. The Morgan fingerprint density at radius 2 is 1.85 bits per heavy atom. The average molecular weight is 753 g/mol. The van der Waals surface area contributed by atoms with Crippen LogP contribution in [0.5, 0.6) is 28.7 Å². The van der Waals surface area contributed by atoms with Gasteiger partial charge in [0.25, 0.3) is 0 Å². The van der Waals surface area contributed by atoms with Gasteiger partial charge in [0.05, 0.1) is 30.5 Å². The number of amides is 1. The molecule has 13 nitrogen and oxygen atoms in total. The van der Waals surface area contributed by atoms with E-state index in [-0.39, 0.29) is 30.9 Å². The number of methoxy groups -OCH3 is 1. The van der Waals surface area contributed by atoms with Gasteiger partial charge in [0.1, 0.15) is 24.4 Å². The van der Waals surface area contributed by atoms with E-state index in [1.807, 2.05) is 50.4 Å². The molecular weight excluding hydrogens is 713 g/mol. The van der Waals surface area contributed by atoms with Gasteiger partial charge in [-0.25, -0.2) is 4.79 Å². The molecule has 280 valence electrons. The van der Waals surface area contributed by atoms with Crippen LogP contribution in [0.15, 0.2) is 42.5 Å². The molecule has 2 saturated heterocycles. The number of carbonyl (C=O) groups is 3. The highest BCUT2D eigenvalue weighted by Crippen LogP contribution is 2.64. The highest BCUT2D eigenvalue weighted by atomic mass is 32.2. The lowest BCUT2D eigenvalue weighted by molar-refractivity contribution is -0.152. The van der Waals surface area contributed by atoms with Crippen LogP contribution >= 0.6 is 11.8 Å². The van der Waals surface area contributed by atoms with Gasteiger partial charge in [0.15, 0.2) is 23.0 Å². The predicted octanol–water partition coefficient (Wildman–Crippen LogP) is 4.43. The maximum atomic E-state index is 13.9. The normalized spacial score (nSPS) is 26.9. The van der Waals surface area contributed by atoms with E-state index in [1.165, 1.54) is 31.9 Å². The fourth-order valence-corrected chi connectivity index (χ4v) is 10.5. The molecule has 14 heteroatoms. The van der Waals surface area contributed by atoms with E-state index in [0.717, 1.165) is 16.7 Å². The van der Waals surface area contributed by atoms with Crippen molar-refractivity contribution < 1.29 is 43.2 Å². The maximum absolute atomic E-state index is 13.9. The van der Waals surface area contributed by atoms with Crippen molar-refractivity contribution in [2.24, 2.45) is 0 Å². The van der Waals surface area contributed by atoms with E-state index in [2.05, 4.69) is 21.2 Å². The number of esters is 2. The number of phenols is 1. The largest absolute Gasteiger partial charge is 0.504 e. The van der Waals surface area contributed by atoms with Gasteiger partial charge >= 0.3 is 11.9 Å². The molecular formula is C40H40N4O9S. The van der Waals surface area contributed by atoms with Gasteiger partial charge in [-0.05, 0) is 50.1 Å². The van der Waals surface area contributed by atoms with E-state index >= 15 is 0 Å². The van der Waals surface area contributed by atoms with E-state index in [4.69, 9.17) is 23.7 Å². The van der Waals surface area contributed by atoms with Crippen LogP contribution in [0.3, 0.4) is 0 Å². The number of hydrogen-bond acceptors (Lipinski definition) is 13. The SMILES string of the molecule is COc1c(C)cc2c(c1O)[C@@H]1C3[C@@H]4SC[C@H](NC(=O)/C=C/c5ccccc5)C(=O)OC[C@@H](c5c6c(c(C)c(OC(C)=O)c54)OCO6)N3[C@@H](C#N)[C@H](C2)N1C. The third kappa shape index (κ3) is 5.64. The van der Waals surface area contributed by atoms with Crippen molar-refractivity contribution in [1.29, 1.82) is 5.26 Å². The summed E-state index contributed by atoms with van der Waals surface area (Å²) in [6.07, 6.45) is 3.53. The molecule has 54 heavy (non-hydrogen) atoms. The van der Waals surface area contributed by atoms with Crippen molar-refractivity contribution in [2.75, 3.05) is 33.3 Å². The Kier molecular flexibility index (Phi) is 9.20. The van der Waals surface area contributed by atoms with Gasteiger partial charge in [-0.15, -0.1) is 11.8 Å². The van der Waals surface area contributed by atoms with Crippen molar-refractivity contribution in [2.45, 2.75) is 68.7 Å². The summed E-state index contributed by atoms with van der Waals surface area (Å²) in [6.45, 7) is 4.74. The molecule has 0 aromatic heterocycles. The standard InChI is InChI=1S/C40H40N4O9S/c1-19-13-23-14-25-26(15-41)44-27-16-50-40(48)24(42-28(46)12-11-22-9-7-6-8-10-22)17-54-39(33(44)32(43(25)4)29(23)34(47)35(19)49-5)31-30(27)38-37(51-18-52-38)20(2)36(31)53-21(3)45/h6-13,24-27,32-33,39,47H,14,16-18H2,1-5H3,(H,42,46)/b12-11+/t24-,25-,26-,27-,32+,33?,39+/m0/s1. The molecule has 0 radical (unpaired) electrons. The van der Waals surface area contributed by atoms with Crippen molar-refractivity contribution in [3.8, 4) is 34.8 Å². The number of rotatable bonds is 5. The number of carbonyl (C=O) groups excluding carboxylic acids is 3. The molecule has 6 aliphatic heterocycles. The summed E-state index contributed by atoms with van der Waals surface area (Å²) in [7, 11) is 3.48. The van der Waals surface area contributed by atoms with Crippen LogP contribution in [0.2, 0.25) is 0 Å². The van der Waals surface area contributed by atoms with Crippen molar-refractivity contribution in [3.05, 3.63) is 81.4 Å². The quantitative estimate of drug-likeness (QED) is 0.214. The van der Waals surface area contributed by atoms with Crippen molar-refractivity contribution in [3.63, 3.8) is 0 Å². The number of benzene rings is 3. The average Bonchev–Trinajstić information content (AvgIpc) is 3.64. The summed E-state index contributed by atoms with van der Waals surface area (Å²) in [5, 5.41) is 25.2. The molecule has 0 aliphatic carbocycles. The molecule has 9 rings (SSSR count). The monoisotopic (exact) mass is 752 g/mol. The van der Waals surface area contributed by atoms with Crippen LogP contribution in [0, 0.1) is 25.2 Å². The lowest BCUT2D eigenvalue weighted by Crippen LogP contribution is -2.69. The van der Waals surface area contributed by atoms with E-state index in [1.54, 1.807) is 13.0 Å². The van der Waals surface area contributed by atoms with Gasteiger partial charge < -0.3 is 34.1 Å². The van der Waals surface area contributed by atoms with Gasteiger partial charge in [-0.1, -0.05) is 36.4 Å². The van der Waals surface area contributed by atoms with Crippen LogP contribution < -0.4 is 24.3 Å². The number of aryl methyl sites for hydroxylation is 1. The topological polar surface area (TPSA) is 160 Å². The molecule has 1 unspecified atom stereocenters. The lowest BCUT2D eigenvalue weighted by Gasteiger charge is -2.61. The highest BCUT2D eigenvalue weighted by Gasteiger charge is 2.60. The molecule has 4 bridgehead atoms. The Morgan fingerprint density at radius 3 is 2.57 bits per heavy atom. The number of ether oxygens (including phenoxy) is 5. The van der Waals surface area contributed by atoms with E-state index in [0.29, 0.717) is 51.7 Å². The predicted molar refractivity (Wildman–Crippen MR) is 197 cm³/mol. The molecule has 6 heterocycles. The Hall–Kier alpha value is -5.23. The van der Waals surface area contributed by atoms with E-state index in [9.17, 15) is 24.8 Å². The maximum Gasteiger partial charge on any atom is 0.329 e. The molecule has 3 aromatic carbocycles. The molecule has 1 amide bonds. The number of nitrogens with zero attached hydrogens (tertiary/aromatic N) is 3. The number of likely N-dealkylation sites (N-methyl/N-ethyl adjacent to an activating group) is 1. The third-order valence-corrected chi connectivity index (χ3v) is 12.6. The van der Waals surface area contributed by atoms with Crippen LogP contribution in [0.1, 0.15) is 63.2 Å². The second kappa shape index (κ2) is 13.9. The zero-order chi connectivity index (χ0) is 38.0. The third-order valence-electron chi connectivity index (χ3n) is 11.2. The molecule has 3 aromatic rings. The first-order valence-corrected chi connectivity index (χ1v) is 18.8. The summed E-state index contributed by atoms with van der Waals surface area (Å²) in [4.78, 5) is 44.2. The molecule has 0 spiro atoms. The van der Waals surface area contributed by atoms with Crippen molar-refractivity contribution in [1.82, 2.24) is 15.1 Å². The minimum atomic E-state index is -1.04. The Balaban J connectivity index is 1.32.